The van der Waals surface area contributed by atoms with Crippen LogP contribution in [0.3, 0.4) is 0 Å². The number of nitrogens with one attached hydrogen (secondary N) is 1. The largest absolute Gasteiger partial charge is 0.483 e. The lowest BCUT2D eigenvalue weighted by atomic mass is 10.0. The summed E-state index contributed by atoms with van der Waals surface area (Å²) < 4.78 is 0. The molecule has 2 heterocycles. The van der Waals surface area contributed by atoms with E-state index in [4.69, 9.17) is 9.90 Å². The van der Waals surface area contributed by atoms with Crippen LogP contribution < -0.4 is 5.32 Å². The number of benzene rings is 1. The highest BCUT2D eigenvalue weighted by Gasteiger charge is 2.24. The van der Waals surface area contributed by atoms with Gasteiger partial charge in [0.25, 0.3) is 6.47 Å². The van der Waals surface area contributed by atoms with Gasteiger partial charge in [-0.1, -0.05) is 44.2 Å². The number of hydrogen-bond donors (Lipinski definition) is 2. The van der Waals surface area contributed by atoms with Crippen molar-refractivity contribution in [3.8, 4) is 11.3 Å². The first-order valence-electron chi connectivity index (χ1n) is 9.10. The predicted molar refractivity (Wildman–Crippen MR) is 104 cm³/mol. The minimum Gasteiger partial charge on any atom is -0.483 e. The summed E-state index contributed by atoms with van der Waals surface area (Å²) in [5, 5.41) is 19.0. The highest BCUT2D eigenvalue weighted by Crippen LogP contribution is 2.19. The second kappa shape index (κ2) is 10.5. The fraction of sp³-hybridized carbons (Fsp3) is 0.450. The molecule has 0 saturated carbocycles. The van der Waals surface area contributed by atoms with E-state index in [1.165, 1.54) is 25.9 Å². The minimum absolute atomic E-state index is 0.250. The van der Waals surface area contributed by atoms with Crippen LogP contribution >= 0.6 is 0 Å². The minimum atomic E-state index is -0.250. The van der Waals surface area contributed by atoms with Gasteiger partial charge < -0.3 is 10.4 Å². The highest BCUT2D eigenvalue weighted by molar-refractivity contribution is 5.59. The summed E-state index contributed by atoms with van der Waals surface area (Å²) in [4.78, 5) is 11.0. The normalized spacial score (nSPS) is 15.2. The molecule has 2 aromatic rings. The maximum Gasteiger partial charge on any atom is 0.290 e. The number of anilines is 1. The molecule has 1 aliphatic heterocycles. The van der Waals surface area contributed by atoms with Gasteiger partial charge in [-0.05, 0) is 44.0 Å². The van der Waals surface area contributed by atoms with E-state index in [1.54, 1.807) is 0 Å². The summed E-state index contributed by atoms with van der Waals surface area (Å²) in [5.74, 6) is 1.49. The third-order valence-electron chi connectivity index (χ3n) is 4.61. The number of nitrogens with zero attached hydrogens (tertiary/aromatic N) is 3. The maximum atomic E-state index is 8.36. The van der Waals surface area contributed by atoms with Gasteiger partial charge >= 0.3 is 0 Å². The predicted octanol–water partition coefficient (Wildman–Crippen LogP) is 3.38. The van der Waals surface area contributed by atoms with Crippen molar-refractivity contribution in [3.05, 3.63) is 42.5 Å². The van der Waals surface area contributed by atoms with E-state index in [0.717, 1.165) is 23.6 Å². The molecule has 26 heavy (non-hydrogen) atoms. The molecule has 1 saturated heterocycles. The van der Waals surface area contributed by atoms with Crippen molar-refractivity contribution < 1.29 is 9.90 Å². The first-order valence-corrected chi connectivity index (χ1v) is 9.10. The Morgan fingerprint density at radius 3 is 2.31 bits per heavy atom. The Kier molecular flexibility index (Phi) is 8.02. The number of carbonyl (C=O) groups is 1. The summed E-state index contributed by atoms with van der Waals surface area (Å²) >= 11 is 0. The van der Waals surface area contributed by atoms with Crippen LogP contribution in [-0.4, -0.2) is 52.4 Å². The third kappa shape index (κ3) is 5.81. The zero-order chi connectivity index (χ0) is 18.8. The van der Waals surface area contributed by atoms with Gasteiger partial charge in [-0.2, -0.15) is 0 Å². The second-order valence-corrected chi connectivity index (χ2v) is 6.71. The van der Waals surface area contributed by atoms with Gasteiger partial charge in [-0.25, -0.2) is 0 Å². The molecule has 6 heteroatoms. The average molecular weight is 356 g/mol. The van der Waals surface area contributed by atoms with Crippen molar-refractivity contribution in [3.63, 3.8) is 0 Å². The van der Waals surface area contributed by atoms with Gasteiger partial charge in [0.1, 0.15) is 5.82 Å². The van der Waals surface area contributed by atoms with Crippen LogP contribution in [0.25, 0.3) is 11.3 Å². The highest BCUT2D eigenvalue weighted by atomic mass is 16.3. The molecule has 1 aromatic heterocycles. The van der Waals surface area contributed by atoms with Gasteiger partial charge in [0.2, 0.25) is 0 Å². The monoisotopic (exact) mass is 356 g/mol. The Balaban J connectivity index is 0.000000758. The van der Waals surface area contributed by atoms with Gasteiger partial charge in [-0.3, -0.25) is 9.69 Å². The maximum absolute atomic E-state index is 8.36. The Morgan fingerprint density at radius 1 is 1.12 bits per heavy atom. The van der Waals surface area contributed by atoms with Crippen LogP contribution in [0.4, 0.5) is 5.82 Å². The summed E-state index contributed by atoms with van der Waals surface area (Å²) in [6, 6.07) is 14.8. The van der Waals surface area contributed by atoms with E-state index in [-0.39, 0.29) is 6.47 Å². The first-order chi connectivity index (χ1) is 12.7. The molecule has 1 unspecified atom stereocenters. The molecule has 0 amide bonds. The van der Waals surface area contributed by atoms with Crippen LogP contribution in [-0.2, 0) is 4.79 Å². The van der Waals surface area contributed by atoms with Gasteiger partial charge in [0.05, 0.1) is 5.69 Å². The van der Waals surface area contributed by atoms with Crippen LogP contribution in [0.2, 0.25) is 0 Å². The second-order valence-electron chi connectivity index (χ2n) is 6.71. The SMILES string of the molecule is CC(C)C(CNc1ccc(-c2ccccc2)nn1)N1CCCC1.O=CO. The fourth-order valence-electron chi connectivity index (χ4n) is 3.26. The third-order valence-corrected chi connectivity index (χ3v) is 4.61. The Labute approximate surface area is 155 Å². The van der Waals surface area contributed by atoms with E-state index >= 15 is 0 Å². The lowest BCUT2D eigenvalue weighted by molar-refractivity contribution is -0.122. The molecule has 1 fully saturated rings. The number of hydrogen-bond acceptors (Lipinski definition) is 5. The molecule has 0 aliphatic carbocycles. The van der Waals surface area contributed by atoms with Gasteiger partial charge in [-0.15, -0.1) is 10.2 Å². The molecule has 1 aliphatic rings. The molecule has 2 N–H and O–H groups in total. The number of aromatic nitrogens is 2. The molecule has 1 aromatic carbocycles. The lowest BCUT2D eigenvalue weighted by Gasteiger charge is -2.31. The first kappa shape index (κ1) is 19.8. The van der Waals surface area contributed by atoms with Crippen LogP contribution in [0.5, 0.6) is 0 Å². The molecule has 0 radical (unpaired) electrons. The summed E-state index contributed by atoms with van der Waals surface area (Å²) in [7, 11) is 0. The summed E-state index contributed by atoms with van der Waals surface area (Å²) in [6.07, 6.45) is 2.66. The standard InChI is InChI=1S/C19H26N4.CH2O2/c1-15(2)18(23-12-6-7-13-23)14-20-19-11-10-17(21-22-19)16-8-4-3-5-9-16;2-1-3/h3-5,8-11,15,18H,6-7,12-14H2,1-2H3,(H,20,22);1H,(H,2,3). The Hall–Kier alpha value is -2.47. The summed E-state index contributed by atoms with van der Waals surface area (Å²) in [6.45, 7) is 7.73. The smallest absolute Gasteiger partial charge is 0.290 e. The lowest BCUT2D eigenvalue weighted by Crippen LogP contribution is -2.42. The van der Waals surface area contributed by atoms with Crippen molar-refractivity contribution >= 4 is 12.3 Å². The van der Waals surface area contributed by atoms with Crippen molar-refractivity contribution in [2.75, 3.05) is 25.0 Å². The molecule has 0 bridgehead atoms. The summed E-state index contributed by atoms with van der Waals surface area (Å²) in [5.41, 5.74) is 2.01. The molecule has 0 spiro atoms. The topological polar surface area (TPSA) is 78.4 Å². The quantitative estimate of drug-likeness (QED) is 0.773. The van der Waals surface area contributed by atoms with Crippen molar-refractivity contribution in [2.45, 2.75) is 32.7 Å². The molecule has 3 rings (SSSR count). The Morgan fingerprint density at radius 2 is 1.77 bits per heavy atom. The van der Waals surface area contributed by atoms with E-state index < -0.39 is 0 Å². The Bertz CT molecular complexity index is 641. The van der Waals surface area contributed by atoms with Crippen molar-refractivity contribution in [1.82, 2.24) is 15.1 Å². The molecule has 140 valence electrons. The molecular formula is C20H28N4O2. The van der Waals surface area contributed by atoms with Crippen molar-refractivity contribution in [2.24, 2.45) is 5.92 Å². The fourth-order valence-corrected chi connectivity index (χ4v) is 3.26. The van der Waals surface area contributed by atoms with Crippen molar-refractivity contribution in [1.29, 1.82) is 0 Å². The van der Waals surface area contributed by atoms with Gasteiger partial charge in [0.15, 0.2) is 0 Å². The number of rotatable bonds is 6. The molecular weight excluding hydrogens is 328 g/mol. The van der Waals surface area contributed by atoms with Crippen LogP contribution in [0.1, 0.15) is 26.7 Å². The number of carboxylic acid groups (broad SMARTS) is 1. The van der Waals surface area contributed by atoms with E-state index in [2.05, 4.69) is 46.4 Å². The zero-order valence-electron chi connectivity index (χ0n) is 15.5. The molecule has 6 nitrogen and oxygen atoms in total. The van der Waals surface area contributed by atoms with E-state index in [0.29, 0.717) is 12.0 Å². The average Bonchev–Trinajstić information content (AvgIpc) is 3.18. The van der Waals surface area contributed by atoms with E-state index in [1.807, 2.05) is 30.3 Å². The van der Waals surface area contributed by atoms with E-state index in [9.17, 15) is 0 Å². The number of likely N-dealkylation sites (tertiary alicyclic amines) is 1. The van der Waals surface area contributed by atoms with Crippen LogP contribution in [0, 0.1) is 5.92 Å². The van der Waals surface area contributed by atoms with Gasteiger partial charge in [0, 0.05) is 18.2 Å². The molecule has 1 atom stereocenters. The zero-order valence-corrected chi connectivity index (χ0v) is 15.5. The van der Waals surface area contributed by atoms with Crippen LogP contribution in [0.15, 0.2) is 42.5 Å².